The molecule has 1 saturated heterocycles. The second-order valence-corrected chi connectivity index (χ2v) is 7.38. The molecule has 0 bridgehead atoms. The van der Waals surface area contributed by atoms with Crippen LogP contribution >= 0.6 is 11.6 Å². The van der Waals surface area contributed by atoms with Crippen LogP contribution in [0.15, 0.2) is 65.5 Å². The molecule has 7 heteroatoms. The third-order valence-corrected chi connectivity index (χ3v) is 5.27. The summed E-state index contributed by atoms with van der Waals surface area (Å²) >= 11 is 5.89. The van der Waals surface area contributed by atoms with E-state index in [1.807, 2.05) is 18.2 Å². The van der Waals surface area contributed by atoms with Crippen LogP contribution in [0.2, 0.25) is 5.02 Å². The minimum Gasteiger partial charge on any atom is -0.444 e. The molecule has 0 aliphatic carbocycles. The molecular weight excluding hydrogens is 390 g/mol. The van der Waals surface area contributed by atoms with Gasteiger partial charge in [-0.3, -0.25) is 9.59 Å². The Morgan fingerprint density at radius 1 is 1.21 bits per heavy atom. The maximum Gasteiger partial charge on any atom is 0.254 e. The van der Waals surface area contributed by atoms with Crippen LogP contribution in [-0.2, 0) is 11.3 Å². The van der Waals surface area contributed by atoms with Crippen molar-refractivity contribution >= 4 is 23.4 Å². The van der Waals surface area contributed by atoms with E-state index in [1.54, 1.807) is 41.4 Å². The molecule has 2 heterocycles. The topological polar surface area (TPSA) is 75.4 Å². The molecule has 0 saturated carbocycles. The average molecular weight is 410 g/mol. The van der Waals surface area contributed by atoms with Crippen molar-refractivity contribution in [3.63, 3.8) is 0 Å². The number of aromatic nitrogens is 1. The van der Waals surface area contributed by atoms with Crippen molar-refractivity contribution in [1.29, 1.82) is 0 Å². The van der Waals surface area contributed by atoms with Crippen LogP contribution in [0.1, 0.15) is 28.8 Å². The van der Waals surface area contributed by atoms with Gasteiger partial charge >= 0.3 is 0 Å². The van der Waals surface area contributed by atoms with Gasteiger partial charge in [0.25, 0.3) is 5.91 Å². The lowest BCUT2D eigenvalue weighted by molar-refractivity contribution is -0.125. The summed E-state index contributed by atoms with van der Waals surface area (Å²) in [6.07, 6.45) is 4.41. The second kappa shape index (κ2) is 8.49. The van der Waals surface area contributed by atoms with Gasteiger partial charge in [-0.15, -0.1) is 0 Å². The predicted octanol–water partition coefficient (Wildman–Crippen LogP) is 3.92. The van der Waals surface area contributed by atoms with Crippen molar-refractivity contribution in [2.75, 3.05) is 6.54 Å². The van der Waals surface area contributed by atoms with Crippen LogP contribution in [0.3, 0.4) is 0 Å². The van der Waals surface area contributed by atoms with Crippen LogP contribution in [0, 0.1) is 0 Å². The maximum absolute atomic E-state index is 13.1. The van der Waals surface area contributed by atoms with E-state index in [0.717, 1.165) is 17.5 Å². The van der Waals surface area contributed by atoms with E-state index >= 15 is 0 Å². The van der Waals surface area contributed by atoms with Crippen LogP contribution in [0.5, 0.6) is 0 Å². The van der Waals surface area contributed by atoms with Crippen molar-refractivity contribution in [3.8, 4) is 11.3 Å². The van der Waals surface area contributed by atoms with Gasteiger partial charge in [-0.05, 0) is 42.7 Å². The number of carbonyl (C=O) groups excluding carboxylic acids is 2. The minimum absolute atomic E-state index is 0.141. The number of nitrogens with one attached hydrogen (secondary N) is 1. The number of rotatable bonds is 5. The van der Waals surface area contributed by atoms with Gasteiger partial charge in [-0.1, -0.05) is 35.9 Å². The molecule has 148 valence electrons. The summed E-state index contributed by atoms with van der Waals surface area (Å²) in [7, 11) is 0. The first-order valence-corrected chi connectivity index (χ1v) is 9.81. The van der Waals surface area contributed by atoms with Crippen LogP contribution in [0.4, 0.5) is 0 Å². The monoisotopic (exact) mass is 409 g/mol. The minimum atomic E-state index is -0.469. The number of nitrogens with zero attached hydrogens (tertiary/aromatic N) is 2. The molecule has 1 aliphatic heterocycles. The number of halogens is 1. The van der Waals surface area contributed by atoms with Crippen LogP contribution in [0.25, 0.3) is 11.3 Å². The summed E-state index contributed by atoms with van der Waals surface area (Å²) in [6.45, 7) is 0.958. The Morgan fingerprint density at radius 3 is 2.79 bits per heavy atom. The number of hydrogen-bond donors (Lipinski definition) is 1. The number of amides is 2. The van der Waals surface area contributed by atoms with E-state index < -0.39 is 6.04 Å². The highest BCUT2D eigenvalue weighted by Crippen LogP contribution is 2.24. The van der Waals surface area contributed by atoms with Crippen molar-refractivity contribution < 1.29 is 14.0 Å². The van der Waals surface area contributed by atoms with E-state index in [1.165, 1.54) is 6.39 Å². The van der Waals surface area contributed by atoms with Crippen molar-refractivity contribution in [3.05, 3.63) is 77.3 Å². The molecule has 4 rings (SSSR count). The first-order chi connectivity index (χ1) is 14.1. The van der Waals surface area contributed by atoms with E-state index in [2.05, 4.69) is 10.3 Å². The van der Waals surface area contributed by atoms with Gasteiger partial charge in [-0.25, -0.2) is 4.98 Å². The lowest BCUT2D eigenvalue weighted by atomic mass is 10.1. The summed E-state index contributed by atoms with van der Waals surface area (Å²) in [5, 5.41) is 3.58. The van der Waals surface area contributed by atoms with E-state index in [0.29, 0.717) is 35.9 Å². The van der Waals surface area contributed by atoms with Crippen LogP contribution in [-0.4, -0.2) is 34.3 Å². The molecule has 3 aromatic rings. The normalized spacial score (nSPS) is 16.0. The molecule has 0 spiro atoms. The first-order valence-electron chi connectivity index (χ1n) is 9.44. The molecule has 0 radical (unpaired) electrons. The maximum atomic E-state index is 13.1. The fourth-order valence-electron chi connectivity index (χ4n) is 3.52. The van der Waals surface area contributed by atoms with E-state index in [-0.39, 0.29) is 11.8 Å². The summed E-state index contributed by atoms with van der Waals surface area (Å²) < 4.78 is 5.31. The molecule has 0 unspecified atom stereocenters. The lowest BCUT2D eigenvalue weighted by Gasteiger charge is -2.24. The smallest absolute Gasteiger partial charge is 0.254 e. The highest BCUT2D eigenvalue weighted by molar-refractivity contribution is 6.30. The zero-order valence-electron chi connectivity index (χ0n) is 15.7. The molecule has 6 nitrogen and oxygen atoms in total. The van der Waals surface area contributed by atoms with E-state index in [4.69, 9.17) is 16.0 Å². The summed E-state index contributed by atoms with van der Waals surface area (Å²) in [5.41, 5.74) is 2.26. The van der Waals surface area contributed by atoms with Crippen molar-refractivity contribution in [1.82, 2.24) is 15.2 Å². The quantitative estimate of drug-likeness (QED) is 0.693. The van der Waals surface area contributed by atoms with Gasteiger partial charge in [0.15, 0.2) is 12.2 Å². The fraction of sp³-hybridized carbons (Fsp3) is 0.227. The Hall–Kier alpha value is -3.12. The zero-order chi connectivity index (χ0) is 20.2. The fourth-order valence-corrected chi connectivity index (χ4v) is 3.65. The largest absolute Gasteiger partial charge is 0.444 e. The molecule has 1 atom stereocenters. The van der Waals surface area contributed by atoms with Gasteiger partial charge < -0.3 is 14.6 Å². The Bertz CT molecular complexity index is 1000. The number of benzene rings is 2. The van der Waals surface area contributed by atoms with Gasteiger partial charge in [-0.2, -0.15) is 0 Å². The SMILES string of the molecule is O=C(NCc1ccc(Cl)cc1)[C@@H]1CCCN1C(=O)c1cccc(-c2cnco2)c1. The molecule has 1 N–H and O–H groups in total. The van der Waals surface area contributed by atoms with Crippen LogP contribution < -0.4 is 5.32 Å². The van der Waals surface area contributed by atoms with E-state index in [9.17, 15) is 9.59 Å². The predicted molar refractivity (Wildman–Crippen MR) is 109 cm³/mol. The first kappa shape index (κ1) is 19.2. The molecular formula is C22H20ClN3O3. The van der Waals surface area contributed by atoms with Gasteiger partial charge in [0.2, 0.25) is 5.91 Å². The number of carbonyl (C=O) groups is 2. The Morgan fingerprint density at radius 2 is 2.03 bits per heavy atom. The third-order valence-electron chi connectivity index (χ3n) is 5.02. The third kappa shape index (κ3) is 4.32. The Kier molecular flexibility index (Phi) is 5.62. The molecule has 2 amide bonds. The number of likely N-dealkylation sites (tertiary alicyclic amines) is 1. The van der Waals surface area contributed by atoms with Gasteiger partial charge in [0.05, 0.1) is 6.20 Å². The van der Waals surface area contributed by atoms with Crippen molar-refractivity contribution in [2.24, 2.45) is 0 Å². The zero-order valence-corrected chi connectivity index (χ0v) is 16.4. The number of oxazole rings is 1. The highest BCUT2D eigenvalue weighted by Gasteiger charge is 2.34. The summed E-state index contributed by atoms with van der Waals surface area (Å²) in [4.78, 5) is 31.4. The molecule has 1 aliphatic rings. The molecule has 29 heavy (non-hydrogen) atoms. The van der Waals surface area contributed by atoms with Gasteiger partial charge in [0, 0.05) is 29.2 Å². The molecule has 2 aromatic carbocycles. The second-order valence-electron chi connectivity index (χ2n) is 6.95. The molecule has 1 aromatic heterocycles. The standard InChI is InChI=1S/C22H20ClN3O3/c23-18-8-6-15(7-9-18)12-25-21(27)19-5-2-10-26(19)22(28)17-4-1-3-16(11-17)20-13-24-14-29-20/h1,3-4,6-9,11,13-14,19H,2,5,10,12H2,(H,25,27)/t19-/m0/s1. The average Bonchev–Trinajstić information content (AvgIpc) is 3.45. The van der Waals surface area contributed by atoms with Crippen molar-refractivity contribution in [2.45, 2.75) is 25.4 Å². The lowest BCUT2D eigenvalue weighted by Crippen LogP contribution is -2.45. The number of hydrogen-bond acceptors (Lipinski definition) is 4. The summed E-state index contributed by atoms with van der Waals surface area (Å²) in [5.74, 6) is 0.297. The Balaban J connectivity index is 1.45. The molecule has 1 fully saturated rings. The summed E-state index contributed by atoms with van der Waals surface area (Å²) in [6, 6.07) is 14.0. The Labute approximate surface area is 173 Å². The van der Waals surface area contributed by atoms with Gasteiger partial charge in [0.1, 0.15) is 6.04 Å². The highest BCUT2D eigenvalue weighted by atomic mass is 35.5.